The second-order valence-electron chi connectivity index (χ2n) is 5.40. The summed E-state index contributed by atoms with van der Waals surface area (Å²) in [4.78, 5) is 22.4. The van der Waals surface area contributed by atoms with Gasteiger partial charge in [0.1, 0.15) is 5.60 Å². The van der Waals surface area contributed by atoms with Crippen molar-refractivity contribution in [3.8, 4) is 0 Å². The molecule has 1 amide bonds. The van der Waals surface area contributed by atoms with E-state index in [1.807, 2.05) is 0 Å². The highest BCUT2D eigenvalue weighted by molar-refractivity contribution is 5.95. The van der Waals surface area contributed by atoms with Crippen LogP contribution in [0.15, 0.2) is 24.3 Å². The Morgan fingerprint density at radius 2 is 2.05 bits per heavy atom. The van der Waals surface area contributed by atoms with Crippen molar-refractivity contribution in [2.45, 2.75) is 26.4 Å². The molecule has 0 aliphatic heterocycles. The smallest absolute Gasteiger partial charge is 0.407 e. The Morgan fingerprint density at radius 1 is 1.38 bits per heavy atom. The molecule has 0 aromatic heterocycles. The van der Waals surface area contributed by atoms with Crippen LogP contribution in [0.2, 0.25) is 0 Å². The Kier molecular flexibility index (Phi) is 5.35. The fourth-order valence-electron chi connectivity index (χ4n) is 1.56. The van der Waals surface area contributed by atoms with Crippen molar-refractivity contribution in [1.29, 1.82) is 0 Å². The number of rotatable bonds is 4. The summed E-state index contributed by atoms with van der Waals surface area (Å²) in [6.45, 7) is 5.59. The van der Waals surface area contributed by atoms with Gasteiger partial charge in [-0.25, -0.2) is 9.59 Å². The Hall–Kier alpha value is -2.50. The van der Waals surface area contributed by atoms with E-state index in [1.54, 1.807) is 45.1 Å². The third-order valence-corrected chi connectivity index (χ3v) is 2.43. The van der Waals surface area contributed by atoms with Gasteiger partial charge in [-0.3, -0.25) is 0 Å². The van der Waals surface area contributed by atoms with E-state index in [1.165, 1.54) is 6.07 Å². The van der Waals surface area contributed by atoms with Gasteiger partial charge in [-0.2, -0.15) is 0 Å². The van der Waals surface area contributed by atoms with Gasteiger partial charge >= 0.3 is 12.1 Å². The second kappa shape index (κ2) is 6.78. The Bertz CT molecular complexity index is 559. The minimum Gasteiger partial charge on any atom is -0.478 e. The lowest BCUT2D eigenvalue weighted by Gasteiger charge is -2.19. The lowest BCUT2D eigenvalue weighted by molar-refractivity contribution is 0.0533. The van der Waals surface area contributed by atoms with E-state index in [0.29, 0.717) is 5.56 Å². The maximum absolute atomic E-state index is 11.4. The van der Waals surface area contributed by atoms with Gasteiger partial charge in [0.15, 0.2) is 0 Å². The van der Waals surface area contributed by atoms with Gasteiger partial charge in [-0.15, -0.1) is 0 Å². The average Bonchev–Trinajstić information content (AvgIpc) is 2.33. The first-order chi connectivity index (χ1) is 9.70. The highest BCUT2D eigenvalue weighted by Crippen LogP contribution is 2.18. The third-order valence-electron chi connectivity index (χ3n) is 2.43. The van der Waals surface area contributed by atoms with Crippen LogP contribution in [0, 0.1) is 0 Å². The number of carboxylic acids is 1. The van der Waals surface area contributed by atoms with Crippen molar-refractivity contribution in [2.75, 3.05) is 12.3 Å². The monoisotopic (exact) mass is 292 g/mol. The number of carbonyl (C=O) groups is 2. The number of carbonyl (C=O) groups excluding carboxylic acids is 1. The minimum atomic E-state index is -1.07. The van der Waals surface area contributed by atoms with E-state index in [-0.39, 0.29) is 17.8 Å². The Labute approximate surface area is 123 Å². The molecule has 0 saturated heterocycles. The Balaban J connectivity index is 2.61. The molecule has 0 unspecified atom stereocenters. The summed E-state index contributed by atoms with van der Waals surface area (Å²) >= 11 is 0. The zero-order valence-electron chi connectivity index (χ0n) is 12.3. The molecule has 0 bridgehead atoms. The molecule has 6 heteroatoms. The molecule has 0 fully saturated rings. The number of alkyl carbamates (subject to hydrolysis) is 1. The van der Waals surface area contributed by atoms with E-state index >= 15 is 0 Å². The van der Waals surface area contributed by atoms with Crippen LogP contribution >= 0.6 is 0 Å². The molecule has 0 heterocycles. The predicted octanol–water partition coefficient (Wildman–Crippen LogP) is 2.50. The summed E-state index contributed by atoms with van der Waals surface area (Å²) in [6.07, 6.45) is 2.81. The van der Waals surface area contributed by atoms with Crippen LogP contribution in [-0.4, -0.2) is 29.3 Å². The number of nitrogen functional groups attached to an aromatic ring is 1. The quantitative estimate of drug-likeness (QED) is 0.740. The van der Waals surface area contributed by atoms with Gasteiger partial charge in [0.25, 0.3) is 0 Å². The maximum Gasteiger partial charge on any atom is 0.407 e. The molecule has 1 aromatic rings. The highest BCUT2D eigenvalue weighted by atomic mass is 16.6. The van der Waals surface area contributed by atoms with E-state index in [4.69, 9.17) is 15.6 Å². The van der Waals surface area contributed by atoms with Crippen LogP contribution in [0.4, 0.5) is 10.5 Å². The number of carboxylic acid groups (broad SMARTS) is 1. The van der Waals surface area contributed by atoms with Crippen molar-refractivity contribution < 1.29 is 19.4 Å². The lowest BCUT2D eigenvalue weighted by atomic mass is 10.1. The summed E-state index contributed by atoms with van der Waals surface area (Å²) in [5, 5.41) is 11.5. The van der Waals surface area contributed by atoms with Crippen LogP contribution in [0.25, 0.3) is 6.08 Å². The molecule has 0 aliphatic rings. The highest BCUT2D eigenvalue weighted by Gasteiger charge is 2.15. The fourth-order valence-corrected chi connectivity index (χ4v) is 1.56. The molecular weight excluding hydrogens is 272 g/mol. The molecule has 1 rings (SSSR count). The number of nitrogens with two attached hydrogens (primary N) is 1. The summed E-state index contributed by atoms with van der Waals surface area (Å²) < 4.78 is 5.08. The van der Waals surface area contributed by atoms with Crippen molar-refractivity contribution in [3.05, 3.63) is 35.4 Å². The topological polar surface area (TPSA) is 102 Å². The van der Waals surface area contributed by atoms with Gasteiger partial charge in [-0.05, 0) is 32.4 Å². The lowest BCUT2D eigenvalue weighted by Crippen LogP contribution is -2.32. The second-order valence-corrected chi connectivity index (χ2v) is 5.40. The normalized spacial score (nSPS) is 11.4. The molecule has 4 N–H and O–H groups in total. The largest absolute Gasteiger partial charge is 0.478 e. The SMILES string of the molecule is CC(C)(C)OC(=O)NCC=Cc1cccc(C(=O)O)c1N. The Morgan fingerprint density at radius 3 is 2.62 bits per heavy atom. The van der Waals surface area contributed by atoms with E-state index in [0.717, 1.165) is 0 Å². The third kappa shape index (κ3) is 5.56. The number of nitrogens with one attached hydrogen (secondary N) is 1. The van der Waals surface area contributed by atoms with Crippen molar-refractivity contribution in [2.24, 2.45) is 0 Å². The fraction of sp³-hybridized carbons (Fsp3) is 0.333. The standard InChI is InChI=1S/C15H20N2O4/c1-15(2,3)21-14(20)17-9-5-7-10-6-4-8-11(12(10)16)13(18)19/h4-8H,9,16H2,1-3H3,(H,17,20)(H,18,19). The minimum absolute atomic E-state index is 0.0530. The van der Waals surface area contributed by atoms with Crippen LogP contribution in [0.3, 0.4) is 0 Å². The van der Waals surface area contributed by atoms with Gasteiger partial charge in [-0.1, -0.05) is 24.3 Å². The molecule has 0 radical (unpaired) electrons. The molecular formula is C15H20N2O4. The van der Waals surface area contributed by atoms with Crippen molar-refractivity contribution in [1.82, 2.24) is 5.32 Å². The van der Waals surface area contributed by atoms with E-state index in [2.05, 4.69) is 5.32 Å². The molecule has 0 saturated carbocycles. The average molecular weight is 292 g/mol. The van der Waals surface area contributed by atoms with Crippen molar-refractivity contribution >= 4 is 23.8 Å². The number of anilines is 1. The van der Waals surface area contributed by atoms with Gasteiger partial charge in [0, 0.05) is 6.54 Å². The molecule has 114 valence electrons. The maximum atomic E-state index is 11.4. The van der Waals surface area contributed by atoms with Crippen LogP contribution in [-0.2, 0) is 4.74 Å². The molecule has 1 aromatic carbocycles. The van der Waals surface area contributed by atoms with E-state index in [9.17, 15) is 9.59 Å². The zero-order valence-corrected chi connectivity index (χ0v) is 12.3. The number of amides is 1. The molecule has 21 heavy (non-hydrogen) atoms. The predicted molar refractivity (Wildman–Crippen MR) is 81.1 cm³/mol. The summed E-state index contributed by atoms with van der Waals surface area (Å²) in [6, 6.07) is 4.75. The first-order valence-electron chi connectivity index (χ1n) is 6.46. The summed E-state index contributed by atoms with van der Waals surface area (Å²) in [5.41, 5.74) is 6.05. The molecule has 6 nitrogen and oxygen atoms in total. The van der Waals surface area contributed by atoms with Crippen molar-refractivity contribution in [3.63, 3.8) is 0 Å². The van der Waals surface area contributed by atoms with Crippen LogP contribution in [0.5, 0.6) is 0 Å². The van der Waals surface area contributed by atoms with Crippen LogP contribution < -0.4 is 11.1 Å². The van der Waals surface area contributed by atoms with Gasteiger partial charge in [0.05, 0.1) is 11.3 Å². The van der Waals surface area contributed by atoms with Gasteiger partial charge < -0.3 is 20.9 Å². The molecule has 0 aliphatic carbocycles. The number of ether oxygens (including phenoxy) is 1. The zero-order chi connectivity index (χ0) is 16.0. The number of hydrogen-bond acceptors (Lipinski definition) is 4. The number of benzene rings is 1. The van der Waals surface area contributed by atoms with Gasteiger partial charge in [0.2, 0.25) is 0 Å². The van der Waals surface area contributed by atoms with Crippen LogP contribution in [0.1, 0.15) is 36.7 Å². The summed E-state index contributed by atoms with van der Waals surface area (Å²) in [5.74, 6) is -1.07. The number of aromatic carboxylic acids is 1. The number of hydrogen-bond donors (Lipinski definition) is 3. The molecule has 0 spiro atoms. The van der Waals surface area contributed by atoms with E-state index < -0.39 is 17.7 Å². The summed E-state index contributed by atoms with van der Waals surface area (Å²) in [7, 11) is 0. The number of para-hydroxylation sites is 1. The first kappa shape index (κ1) is 16.6. The molecule has 0 atom stereocenters. The first-order valence-corrected chi connectivity index (χ1v) is 6.46.